The standard InChI is InChI=1S/C16H24O2/c1-5-13(6-2)10-16(17)14-8-7-9-15(11-14)18-12(3)4/h7-9,11-13H,5-6,10H2,1-4H3. The monoisotopic (exact) mass is 248 g/mol. The van der Waals surface area contributed by atoms with Crippen LogP contribution >= 0.6 is 0 Å². The Hall–Kier alpha value is -1.31. The Kier molecular flexibility index (Phi) is 5.90. The first-order chi connectivity index (χ1) is 8.56. The van der Waals surface area contributed by atoms with Crippen molar-refractivity contribution >= 4 is 5.78 Å². The van der Waals surface area contributed by atoms with Crippen molar-refractivity contribution in [1.29, 1.82) is 0 Å². The summed E-state index contributed by atoms with van der Waals surface area (Å²) in [5, 5.41) is 0. The molecular formula is C16H24O2. The van der Waals surface area contributed by atoms with Crippen molar-refractivity contribution in [3.8, 4) is 5.75 Å². The fourth-order valence-corrected chi connectivity index (χ4v) is 1.97. The van der Waals surface area contributed by atoms with Crippen molar-refractivity contribution in [3.63, 3.8) is 0 Å². The molecule has 1 aromatic carbocycles. The topological polar surface area (TPSA) is 26.3 Å². The van der Waals surface area contributed by atoms with Crippen LogP contribution in [-0.4, -0.2) is 11.9 Å². The number of benzene rings is 1. The maximum absolute atomic E-state index is 12.2. The molecule has 1 rings (SSSR count). The molecule has 0 radical (unpaired) electrons. The number of rotatable bonds is 7. The van der Waals surface area contributed by atoms with E-state index in [9.17, 15) is 4.79 Å². The number of hydrogen-bond donors (Lipinski definition) is 0. The molecular weight excluding hydrogens is 224 g/mol. The van der Waals surface area contributed by atoms with Crippen molar-refractivity contribution < 1.29 is 9.53 Å². The van der Waals surface area contributed by atoms with Gasteiger partial charge in [0.25, 0.3) is 0 Å². The summed E-state index contributed by atoms with van der Waals surface area (Å²) in [5.41, 5.74) is 0.764. The lowest BCUT2D eigenvalue weighted by Crippen LogP contribution is -2.09. The minimum absolute atomic E-state index is 0.134. The molecule has 0 spiro atoms. The molecule has 0 N–H and O–H groups in total. The zero-order valence-electron chi connectivity index (χ0n) is 11.9. The molecule has 0 aliphatic rings. The smallest absolute Gasteiger partial charge is 0.163 e. The first-order valence-electron chi connectivity index (χ1n) is 6.86. The minimum atomic E-state index is 0.134. The average Bonchev–Trinajstić information content (AvgIpc) is 2.35. The summed E-state index contributed by atoms with van der Waals surface area (Å²) in [6.07, 6.45) is 2.89. The highest BCUT2D eigenvalue weighted by atomic mass is 16.5. The number of Topliss-reactive ketones (excluding diaryl/α,β-unsaturated/α-hetero) is 1. The molecule has 0 aliphatic heterocycles. The highest BCUT2D eigenvalue weighted by molar-refractivity contribution is 5.96. The summed E-state index contributed by atoms with van der Waals surface area (Å²) >= 11 is 0. The Bertz CT molecular complexity index is 378. The zero-order valence-corrected chi connectivity index (χ0v) is 11.9. The average molecular weight is 248 g/mol. The van der Waals surface area contributed by atoms with Gasteiger partial charge in [0.2, 0.25) is 0 Å². The van der Waals surface area contributed by atoms with E-state index >= 15 is 0 Å². The van der Waals surface area contributed by atoms with Gasteiger partial charge in [-0.2, -0.15) is 0 Å². The molecule has 0 heterocycles. The van der Waals surface area contributed by atoms with Crippen molar-refractivity contribution in [3.05, 3.63) is 29.8 Å². The molecule has 0 saturated heterocycles. The van der Waals surface area contributed by atoms with E-state index in [1.165, 1.54) is 0 Å². The zero-order chi connectivity index (χ0) is 13.5. The highest BCUT2D eigenvalue weighted by Crippen LogP contribution is 2.20. The van der Waals surface area contributed by atoms with Gasteiger partial charge in [-0.15, -0.1) is 0 Å². The van der Waals surface area contributed by atoms with E-state index in [0.717, 1.165) is 24.2 Å². The molecule has 0 amide bonds. The van der Waals surface area contributed by atoms with Crippen LogP contribution < -0.4 is 4.74 Å². The summed E-state index contributed by atoms with van der Waals surface area (Å²) in [6.45, 7) is 8.25. The summed E-state index contributed by atoms with van der Waals surface area (Å²) < 4.78 is 5.61. The minimum Gasteiger partial charge on any atom is -0.491 e. The van der Waals surface area contributed by atoms with Crippen LogP contribution in [0.5, 0.6) is 5.75 Å². The lowest BCUT2D eigenvalue weighted by molar-refractivity contribution is 0.0958. The van der Waals surface area contributed by atoms with E-state index in [-0.39, 0.29) is 11.9 Å². The number of carbonyl (C=O) groups excluding carboxylic acids is 1. The quantitative estimate of drug-likeness (QED) is 0.665. The Morgan fingerprint density at radius 3 is 2.44 bits per heavy atom. The number of ketones is 1. The van der Waals surface area contributed by atoms with Gasteiger partial charge < -0.3 is 4.74 Å². The predicted molar refractivity (Wildman–Crippen MR) is 75.2 cm³/mol. The van der Waals surface area contributed by atoms with Crippen LogP contribution in [0.1, 0.15) is 57.3 Å². The molecule has 0 atom stereocenters. The van der Waals surface area contributed by atoms with Crippen LogP contribution in [0.2, 0.25) is 0 Å². The third kappa shape index (κ3) is 4.52. The fraction of sp³-hybridized carbons (Fsp3) is 0.562. The van der Waals surface area contributed by atoms with E-state index in [4.69, 9.17) is 4.74 Å². The van der Waals surface area contributed by atoms with Gasteiger partial charge in [-0.25, -0.2) is 0 Å². The molecule has 0 aliphatic carbocycles. The summed E-state index contributed by atoms with van der Waals surface area (Å²) in [5.74, 6) is 1.49. The molecule has 0 saturated carbocycles. The summed E-state index contributed by atoms with van der Waals surface area (Å²) in [6, 6.07) is 7.51. The lowest BCUT2D eigenvalue weighted by atomic mass is 9.94. The van der Waals surface area contributed by atoms with Crippen LogP contribution in [-0.2, 0) is 0 Å². The normalized spacial score (nSPS) is 11.0. The Morgan fingerprint density at radius 1 is 1.22 bits per heavy atom. The molecule has 100 valence electrons. The SMILES string of the molecule is CCC(CC)CC(=O)c1cccc(OC(C)C)c1. The second kappa shape index (κ2) is 7.20. The Balaban J connectivity index is 2.73. The van der Waals surface area contributed by atoms with E-state index in [1.54, 1.807) is 0 Å². The molecule has 0 fully saturated rings. The van der Waals surface area contributed by atoms with Crippen molar-refractivity contribution in [2.24, 2.45) is 5.92 Å². The second-order valence-electron chi connectivity index (χ2n) is 5.00. The van der Waals surface area contributed by atoms with Crippen LogP contribution in [0.25, 0.3) is 0 Å². The van der Waals surface area contributed by atoms with Crippen LogP contribution in [0.3, 0.4) is 0 Å². The molecule has 2 heteroatoms. The molecule has 0 bridgehead atoms. The maximum Gasteiger partial charge on any atom is 0.163 e. The summed E-state index contributed by atoms with van der Waals surface area (Å²) in [7, 11) is 0. The van der Waals surface area contributed by atoms with Gasteiger partial charge in [0, 0.05) is 12.0 Å². The van der Waals surface area contributed by atoms with Gasteiger partial charge in [-0.05, 0) is 31.9 Å². The van der Waals surface area contributed by atoms with Gasteiger partial charge in [0.15, 0.2) is 5.78 Å². The van der Waals surface area contributed by atoms with Crippen molar-refractivity contribution in [2.45, 2.75) is 53.1 Å². The van der Waals surface area contributed by atoms with Gasteiger partial charge in [-0.1, -0.05) is 38.8 Å². The first kappa shape index (κ1) is 14.7. The van der Waals surface area contributed by atoms with Gasteiger partial charge in [0.1, 0.15) is 5.75 Å². The van der Waals surface area contributed by atoms with Gasteiger partial charge >= 0.3 is 0 Å². The van der Waals surface area contributed by atoms with Crippen LogP contribution in [0, 0.1) is 5.92 Å². The van der Waals surface area contributed by atoms with Crippen LogP contribution in [0.4, 0.5) is 0 Å². The van der Waals surface area contributed by atoms with Crippen LogP contribution in [0.15, 0.2) is 24.3 Å². The van der Waals surface area contributed by atoms with Crippen molar-refractivity contribution in [1.82, 2.24) is 0 Å². The number of ether oxygens (including phenoxy) is 1. The van der Waals surface area contributed by atoms with E-state index < -0.39 is 0 Å². The molecule has 1 aromatic rings. The Labute approximate surface area is 110 Å². The summed E-state index contributed by atoms with van der Waals surface area (Å²) in [4.78, 5) is 12.2. The maximum atomic E-state index is 12.2. The second-order valence-corrected chi connectivity index (χ2v) is 5.00. The van der Waals surface area contributed by atoms with E-state index in [1.807, 2.05) is 38.1 Å². The highest BCUT2D eigenvalue weighted by Gasteiger charge is 2.13. The van der Waals surface area contributed by atoms with Gasteiger partial charge in [0.05, 0.1) is 6.10 Å². The number of hydrogen-bond acceptors (Lipinski definition) is 2. The lowest BCUT2D eigenvalue weighted by Gasteiger charge is -2.13. The van der Waals surface area contributed by atoms with E-state index in [2.05, 4.69) is 13.8 Å². The largest absolute Gasteiger partial charge is 0.491 e. The fourth-order valence-electron chi connectivity index (χ4n) is 1.97. The number of carbonyl (C=O) groups is 1. The molecule has 2 nitrogen and oxygen atoms in total. The predicted octanol–water partition coefficient (Wildman–Crippen LogP) is 4.48. The molecule has 0 aromatic heterocycles. The van der Waals surface area contributed by atoms with Crippen molar-refractivity contribution in [2.75, 3.05) is 0 Å². The third-order valence-electron chi connectivity index (χ3n) is 3.16. The molecule has 18 heavy (non-hydrogen) atoms. The molecule has 0 unspecified atom stereocenters. The Morgan fingerprint density at radius 2 is 1.89 bits per heavy atom. The van der Waals surface area contributed by atoms with Gasteiger partial charge in [-0.3, -0.25) is 4.79 Å². The first-order valence-corrected chi connectivity index (χ1v) is 6.86. The third-order valence-corrected chi connectivity index (χ3v) is 3.16. The van der Waals surface area contributed by atoms with E-state index in [0.29, 0.717) is 12.3 Å².